The zero-order chi connectivity index (χ0) is 14.9. The lowest BCUT2D eigenvalue weighted by molar-refractivity contribution is 0.220. The number of nitrogens with zero attached hydrogens (tertiary/aromatic N) is 1. The van der Waals surface area contributed by atoms with Crippen LogP contribution in [0.25, 0.3) is 0 Å². The van der Waals surface area contributed by atoms with E-state index in [0.717, 1.165) is 25.9 Å². The van der Waals surface area contributed by atoms with Gasteiger partial charge < -0.3 is 10.4 Å². The molecule has 21 heavy (non-hydrogen) atoms. The lowest BCUT2D eigenvalue weighted by atomic mass is 10.0. The number of aliphatic hydroxyl groups is 1. The average Bonchev–Trinajstić information content (AvgIpc) is 2.53. The third-order valence-corrected chi connectivity index (χ3v) is 4.40. The molecule has 3 heteroatoms. The first-order valence-electron chi connectivity index (χ1n) is 8.43. The van der Waals surface area contributed by atoms with Gasteiger partial charge in [-0.2, -0.15) is 0 Å². The highest BCUT2D eigenvalue weighted by Crippen LogP contribution is 2.16. The Bertz CT molecular complexity index is 402. The molecule has 2 N–H and O–H groups in total. The van der Waals surface area contributed by atoms with E-state index in [0.29, 0.717) is 6.04 Å². The minimum absolute atomic E-state index is 0.289. The van der Waals surface area contributed by atoms with E-state index in [1.54, 1.807) is 0 Å². The van der Waals surface area contributed by atoms with Crippen molar-refractivity contribution in [1.82, 2.24) is 10.2 Å². The molecular formula is C18H30N2O. The Kier molecular flexibility index (Phi) is 7.20. The molecule has 1 aromatic rings. The molecule has 0 amide bonds. The summed E-state index contributed by atoms with van der Waals surface area (Å²) < 4.78 is 0. The molecular weight excluding hydrogens is 260 g/mol. The summed E-state index contributed by atoms with van der Waals surface area (Å²) in [7, 11) is 0. The van der Waals surface area contributed by atoms with Crippen LogP contribution in [0.1, 0.15) is 50.2 Å². The van der Waals surface area contributed by atoms with Crippen molar-refractivity contribution in [3.63, 3.8) is 0 Å². The van der Waals surface area contributed by atoms with Crippen molar-refractivity contribution in [1.29, 1.82) is 0 Å². The van der Waals surface area contributed by atoms with Gasteiger partial charge in [-0.15, -0.1) is 0 Å². The van der Waals surface area contributed by atoms with Crippen molar-refractivity contribution in [2.75, 3.05) is 19.7 Å². The van der Waals surface area contributed by atoms with E-state index in [-0.39, 0.29) is 6.61 Å². The van der Waals surface area contributed by atoms with Gasteiger partial charge in [0.2, 0.25) is 0 Å². The topological polar surface area (TPSA) is 35.5 Å². The van der Waals surface area contributed by atoms with Crippen molar-refractivity contribution >= 4 is 0 Å². The highest BCUT2D eigenvalue weighted by atomic mass is 16.2. The van der Waals surface area contributed by atoms with Crippen LogP contribution in [-0.2, 0) is 13.1 Å². The van der Waals surface area contributed by atoms with Crippen LogP contribution in [0, 0.1) is 0 Å². The van der Waals surface area contributed by atoms with Crippen LogP contribution in [0.3, 0.4) is 0 Å². The zero-order valence-electron chi connectivity index (χ0n) is 13.4. The third-order valence-electron chi connectivity index (χ3n) is 4.40. The first-order chi connectivity index (χ1) is 10.3. The molecule has 1 aromatic carbocycles. The molecule has 1 saturated heterocycles. The van der Waals surface area contributed by atoms with Crippen molar-refractivity contribution < 1.29 is 5.11 Å². The molecule has 0 bridgehead atoms. The largest absolute Gasteiger partial charge is 0.396 e. The minimum atomic E-state index is 0.289. The minimum Gasteiger partial charge on any atom is -0.396 e. The predicted octanol–water partition coefficient (Wildman–Crippen LogP) is 2.92. The summed E-state index contributed by atoms with van der Waals surface area (Å²) in [6, 6.07) is 9.25. The van der Waals surface area contributed by atoms with Crippen LogP contribution in [0.2, 0.25) is 0 Å². The lowest BCUT2D eigenvalue weighted by Gasteiger charge is -2.27. The fourth-order valence-electron chi connectivity index (χ4n) is 3.03. The quantitative estimate of drug-likeness (QED) is 0.773. The lowest BCUT2D eigenvalue weighted by Crippen LogP contribution is -2.30. The number of hydrogen-bond acceptors (Lipinski definition) is 3. The van der Waals surface area contributed by atoms with E-state index < -0.39 is 0 Å². The van der Waals surface area contributed by atoms with Crippen LogP contribution in [0.5, 0.6) is 0 Å². The van der Waals surface area contributed by atoms with Gasteiger partial charge in [-0.05, 0) is 56.8 Å². The summed E-state index contributed by atoms with van der Waals surface area (Å²) in [5.41, 5.74) is 2.88. The maximum absolute atomic E-state index is 8.89. The van der Waals surface area contributed by atoms with E-state index in [2.05, 4.69) is 41.4 Å². The molecule has 0 radical (unpaired) electrons. The molecule has 1 fully saturated rings. The second-order valence-electron chi connectivity index (χ2n) is 6.25. The van der Waals surface area contributed by atoms with Gasteiger partial charge in [-0.1, -0.05) is 30.7 Å². The average molecular weight is 290 g/mol. The number of nitrogens with one attached hydrogen (secondary N) is 1. The van der Waals surface area contributed by atoms with Crippen LogP contribution >= 0.6 is 0 Å². The number of hydrogen-bond donors (Lipinski definition) is 2. The highest BCUT2D eigenvalue weighted by molar-refractivity contribution is 5.27. The van der Waals surface area contributed by atoms with Gasteiger partial charge in [0.25, 0.3) is 0 Å². The second-order valence-corrected chi connectivity index (χ2v) is 6.25. The van der Waals surface area contributed by atoms with E-state index in [1.165, 1.54) is 43.5 Å². The smallest absolute Gasteiger partial charge is 0.0431 e. The van der Waals surface area contributed by atoms with Crippen LogP contribution in [-0.4, -0.2) is 35.7 Å². The molecule has 3 nitrogen and oxygen atoms in total. The summed E-state index contributed by atoms with van der Waals surface area (Å²) in [5.74, 6) is 0. The number of rotatable bonds is 8. The van der Waals surface area contributed by atoms with E-state index in [9.17, 15) is 0 Å². The summed E-state index contributed by atoms with van der Waals surface area (Å²) in [6.07, 6.45) is 5.99. The number of benzene rings is 1. The van der Waals surface area contributed by atoms with Gasteiger partial charge in [0, 0.05) is 25.7 Å². The summed E-state index contributed by atoms with van der Waals surface area (Å²) in [5, 5.41) is 12.5. The Labute approximate surface area is 129 Å². The standard InChI is InChI=1S/C18H30N2O/c1-16(8-7-13-21)19-14-17-9-3-4-10-18(17)15-20-11-5-2-6-12-20/h3-4,9-10,16,19,21H,2,5-8,11-15H2,1H3. The normalized spacial score (nSPS) is 17.8. The summed E-state index contributed by atoms with van der Waals surface area (Å²) >= 11 is 0. The van der Waals surface area contributed by atoms with Crippen LogP contribution in [0.15, 0.2) is 24.3 Å². The predicted molar refractivity (Wildman–Crippen MR) is 88.2 cm³/mol. The first-order valence-corrected chi connectivity index (χ1v) is 8.43. The van der Waals surface area contributed by atoms with Gasteiger partial charge in [-0.25, -0.2) is 0 Å². The fourth-order valence-corrected chi connectivity index (χ4v) is 3.03. The van der Waals surface area contributed by atoms with Gasteiger partial charge in [-0.3, -0.25) is 4.90 Å². The zero-order valence-corrected chi connectivity index (χ0v) is 13.4. The molecule has 1 unspecified atom stereocenters. The molecule has 0 aromatic heterocycles. The van der Waals surface area contributed by atoms with Gasteiger partial charge in [0.1, 0.15) is 0 Å². The SMILES string of the molecule is CC(CCCO)NCc1ccccc1CN1CCCCC1. The van der Waals surface area contributed by atoms with E-state index in [1.807, 2.05) is 0 Å². The fraction of sp³-hybridized carbons (Fsp3) is 0.667. The number of aliphatic hydroxyl groups excluding tert-OH is 1. The van der Waals surface area contributed by atoms with Crippen LogP contribution < -0.4 is 5.32 Å². The van der Waals surface area contributed by atoms with Gasteiger partial charge >= 0.3 is 0 Å². The van der Waals surface area contributed by atoms with Crippen molar-refractivity contribution in [2.45, 2.75) is 58.2 Å². The Balaban J connectivity index is 1.87. The second kappa shape index (κ2) is 9.19. The Morgan fingerprint density at radius 3 is 2.57 bits per heavy atom. The van der Waals surface area contributed by atoms with E-state index >= 15 is 0 Å². The first kappa shape index (κ1) is 16.5. The number of piperidine rings is 1. The Morgan fingerprint density at radius 2 is 1.86 bits per heavy atom. The Hall–Kier alpha value is -0.900. The van der Waals surface area contributed by atoms with Gasteiger partial charge in [0.05, 0.1) is 0 Å². The number of likely N-dealkylation sites (tertiary alicyclic amines) is 1. The van der Waals surface area contributed by atoms with E-state index in [4.69, 9.17) is 5.11 Å². The maximum atomic E-state index is 8.89. The molecule has 1 atom stereocenters. The molecule has 118 valence electrons. The molecule has 1 aliphatic rings. The highest BCUT2D eigenvalue weighted by Gasteiger charge is 2.12. The summed E-state index contributed by atoms with van der Waals surface area (Å²) in [4.78, 5) is 2.58. The molecule has 0 spiro atoms. The third kappa shape index (κ3) is 5.77. The molecule has 2 rings (SSSR count). The van der Waals surface area contributed by atoms with Crippen molar-refractivity contribution in [3.8, 4) is 0 Å². The maximum Gasteiger partial charge on any atom is 0.0431 e. The molecule has 0 aliphatic carbocycles. The molecule has 1 heterocycles. The molecule has 1 aliphatic heterocycles. The van der Waals surface area contributed by atoms with Crippen molar-refractivity contribution in [3.05, 3.63) is 35.4 Å². The molecule has 0 saturated carbocycles. The summed E-state index contributed by atoms with van der Waals surface area (Å²) in [6.45, 7) is 6.99. The van der Waals surface area contributed by atoms with Crippen LogP contribution in [0.4, 0.5) is 0 Å². The Morgan fingerprint density at radius 1 is 1.14 bits per heavy atom. The van der Waals surface area contributed by atoms with Crippen molar-refractivity contribution in [2.24, 2.45) is 0 Å². The van der Waals surface area contributed by atoms with Gasteiger partial charge in [0.15, 0.2) is 0 Å². The monoisotopic (exact) mass is 290 g/mol.